The fourth-order valence-electron chi connectivity index (χ4n) is 6.35. The molecule has 0 unspecified atom stereocenters. The average molecular weight is 443 g/mol. The number of hydrogen-bond acceptors (Lipinski definition) is 3. The van der Waals surface area contributed by atoms with Crippen LogP contribution in [0.5, 0.6) is 0 Å². The number of furan rings is 1. The molecule has 8 rings (SSSR count). The van der Waals surface area contributed by atoms with Gasteiger partial charge in [0.05, 0.1) is 25.7 Å². The van der Waals surface area contributed by atoms with Crippen molar-refractivity contribution in [3.8, 4) is 0 Å². The Labute approximate surface area is 193 Å². The normalized spacial score (nSPS) is 27.9. The number of carboxylic acids is 1. The van der Waals surface area contributed by atoms with Gasteiger partial charge in [0.2, 0.25) is 0 Å². The minimum atomic E-state index is -2.02. The van der Waals surface area contributed by atoms with Gasteiger partial charge in [-0.05, 0) is 61.8 Å². The number of aliphatic carboxylic acids is 1. The fraction of sp³-hybridized carbons (Fsp3) is 0.333. The van der Waals surface area contributed by atoms with Crippen molar-refractivity contribution < 1.29 is 21.9 Å². The van der Waals surface area contributed by atoms with Gasteiger partial charge in [-0.3, -0.25) is 9.59 Å². The van der Waals surface area contributed by atoms with Crippen molar-refractivity contribution in [1.29, 1.82) is 0 Å². The number of fused-ring (bicyclic) bond motifs is 2. The standard InChI is InChI=1S/C27H24N2O4/c30-23(28-27(9-10-27)26-14-25(15-26,16-26)24(31)32)20-6-3-5-17-8-11-29(22(17)20)13-19-12-18-4-1-2-7-21(18)33-19/h1-8,11-12H,9-10,13-16H2,(H,28,30)(H,31,32)/i13D2. The second-order valence-corrected chi connectivity index (χ2v) is 10.1. The van der Waals surface area contributed by atoms with Crippen LogP contribution in [0.3, 0.4) is 0 Å². The lowest BCUT2D eigenvalue weighted by Gasteiger charge is -2.71. The van der Waals surface area contributed by atoms with Gasteiger partial charge in [-0.15, -0.1) is 0 Å². The zero-order valence-electron chi connectivity index (χ0n) is 19.9. The Balaban J connectivity index is 1.24. The first-order chi connectivity index (χ1) is 16.7. The second-order valence-electron chi connectivity index (χ2n) is 10.1. The van der Waals surface area contributed by atoms with Gasteiger partial charge in [0.1, 0.15) is 11.3 Å². The quantitative estimate of drug-likeness (QED) is 0.442. The van der Waals surface area contributed by atoms with Crippen LogP contribution in [0.4, 0.5) is 0 Å². The molecule has 166 valence electrons. The number of nitrogens with one attached hydrogen (secondary N) is 1. The zero-order valence-corrected chi connectivity index (χ0v) is 17.9. The molecule has 4 aliphatic rings. The summed E-state index contributed by atoms with van der Waals surface area (Å²) in [5, 5.41) is 14.3. The molecule has 0 atom stereocenters. The van der Waals surface area contributed by atoms with Crippen LogP contribution in [-0.2, 0) is 11.3 Å². The molecule has 6 nitrogen and oxygen atoms in total. The molecule has 0 spiro atoms. The highest BCUT2D eigenvalue weighted by Crippen LogP contribution is 2.81. The number of carboxylic acid groups (broad SMARTS) is 1. The van der Waals surface area contributed by atoms with Gasteiger partial charge < -0.3 is 19.4 Å². The van der Waals surface area contributed by atoms with Crippen molar-refractivity contribution in [2.75, 3.05) is 0 Å². The summed E-state index contributed by atoms with van der Waals surface area (Å²) in [6.45, 7) is -2.02. The van der Waals surface area contributed by atoms with E-state index in [1.807, 2.05) is 24.3 Å². The SMILES string of the molecule is [2H]C([2H])(c1cc2ccccc2o1)n1ccc2cccc(C(=O)NC3(C45CC(C(=O)O)(C4)C5)CC3)c21. The molecule has 4 aliphatic carbocycles. The largest absolute Gasteiger partial charge is 0.481 e. The maximum Gasteiger partial charge on any atom is 0.309 e. The lowest BCUT2D eigenvalue weighted by atomic mass is 9.32. The number of benzene rings is 2. The van der Waals surface area contributed by atoms with Crippen LogP contribution < -0.4 is 5.32 Å². The molecule has 2 heterocycles. The molecule has 2 bridgehead atoms. The van der Waals surface area contributed by atoms with E-state index in [-0.39, 0.29) is 22.6 Å². The first-order valence-corrected chi connectivity index (χ1v) is 11.3. The van der Waals surface area contributed by atoms with Crippen LogP contribution in [0.1, 0.15) is 51.0 Å². The van der Waals surface area contributed by atoms with Crippen molar-refractivity contribution >= 4 is 33.7 Å². The molecule has 6 heteroatoms. The molecule has 2 N–H and O–H groups in total. The summed E-state index contributed by atoms with van der Waals surface area (Å²) in [6.07, 6.45) is 5.25. The molecule has 1 amide bonds. The summed E-state index contributed by atoms with van der Waals surface area (Å²) >= 11 is 0. The van der Waals surface area contributed by atoms with E-state index in [0.717, 1.165) is 23.6 Å². The maximum absolute atomic E-state index is 13.6. The van der Waals surface area contributed by atoms with Crippen molar-refractivity contribution in [2.24, 2.45) is 10.8 Å². The summed E-state index contributed by atoms with van der Waals surface area (Å²) in [6, 6.07) is 16.3. The van der Waals surface area contributed by atoms with Crippen molar-refractivity contribution in [3.05, 3.63) is 72.1 Å². The number of amides is 1. The first kappa shape index (κ1) is 17.0. The lowest BCUT2D eigenvalue weighted by Crippen LogP contribution is -2.73. The molecule has 2 aromatic carbocycles. The van der Waals surface area contributed by atoms with Gasteiger partial charge in [0, 0.05) is 22.5 Å². The van der Waals surface area contributed by atoms with Crippen LogP contribution in [0.2, 0.25) is 0 Å². The maximum atomic E-state index is 13.6. The predicted octanol–water partition coefficient (Wildman–Crippen LogP) is 4.95. The summed E-state index contributed by atoms with van der Waals surface area (Å²) in [5.74, 6) is -0.808. The van der Waals surface area contributed by atoms with E-state index in [9.17, 15) is 14.7 Å². The molecule has 4 saturated carbocycles. The van der Waals surface area contributed by atoms with Crippen LogP contribution in [0.15, 0.2) is 65.2 Å². The molecular weight excluding hydrogens is 416 g/mol. The third kappa shape index (κ3) is 2.49. The van der Waals surface area contributed by atoms with Crippen molar-refractivity contribution in [3.63, 3.8) is 0 Å². The summed E-state index contributed by atoms with van der Waals surface area (Å²) in [7, 11) is 0. The summed E-state index contributed by atoms with van der Waals surface area (Å²) < 4.78 is 25.2. The smallest absolute Gasteiger partial charge is 0.309 e. The monoisotopic (exact) mass is 442 g/mol. The highest BCUT2D eigenvalue weighted by Gasteiger charge is 2.81. The number of hydrogen-bond donors (Lipinski definition) is 2. The Kier molecular flexibility index (Phi) is 3.13. The fourth-order valence-corrected chi connectivity index (χ4v) is 6.35. The molecule has 0 aliphatic heterocycles. The second kappa shape index (κ2) is 6.07. The summed E-state index contributed by atoms with van der Waals surface area (Å²) in [4.78, 5) is 25.2. The number of aromatic nitrogens is 1. The Hall–Kier alpha value is -3.54. The molecule has 33 heavy (non-hydrogen) atoms. The molecule has 4 fully saturated rings. The van der Waals surface area contributed by atoms with Crippen molar-refractivity contribution in [2.45, 2.75) is 44.1 Å². The number of carbonyl (C=O) groups is 2. The highest BCUT2D eigenvalue weighted by atomic mass is 16.4. The van der Waals surface area contributed by atoms with E-state index < -0.39 is 17.9 Å². The molecule has 0 saturated heterocycles. The first-order valence-electron chi connectivity index (χ1n) is 12.3. The van der Waals surface area contributed by atoms with Gasteiger partial charge in [-0.2, -0.15) is 0 Å². The third-order valence-corrected chi connectivity index (χ3v) is 8.21. The Morgan fingerprint density at radius 2 is 1.82 bits per heavy atom. The zero-order chi connectivity index (χ0) is 24.2. The molecular formula is C27H24N2O4. The van der Waals surface area contributed by atoms with Crippen LogP contribution >= 0.6 is 0 Å². The van der Waals surface area contributed by atoms with E-state index in [1.165, 1.54) is 4.57 Å². The number of para-hydroxylation sites is 2. The molecule has 4 aromatic rings. The Morgan fingerprint density at radius 1 is 1.06 bits per heavy atom. The Bertz CT molecular complexity index is 1510. The highest BCUT2D eigenvalue weighted by molar-refractivity contribution is 6.06. The van der Waals surface area contributed by atoms with Gasteiger partial charge in [-0.25, -0.2) is 0 Å². The van der Waals surface area contributed by atoms with Gasteiger partial charge in [0.15, 0.2) is 0 Å². The number of rotatable bonds is 6. The van der Waals surface area contributed by atoms with Crippen molar-refractivity contribution in [1.82, 2.24) is 9.88 Å². The lowest BCUT2D eigenvalue weighted by molar-refractivity contribution is -0.236. The van der Waals surface area contributed by atoms with E-state index in [2.05, 4.69) is 5.32 Å². The minimum Gasteiger partial charge on any atom is -0.481 e. The number of nitrogens with zero attached hydrogens (tertiary/aromatic N) is 1. The van der Waals surface area contributed by atoms with E-state index in [4.69, 9.17) is 7.16 Å². The Morgan fingerprint density at radius 3 is 2.55 bits per heavy atom. The topological polar surface area (TPSA) is 84.5 Å². The molecule has 2 aromatic heterocycles. The van der Waals surface area contributed by atoms with Crippen LogP contribution in [0, 0.1) is 10.8 Å². The van der Waals surface area contributed by atoms with E-state index >= 15 is 0 Å². The van der Waals surface area contributed by atoms with E-state index in [0.29, 0.717) is 35.9 Å². The summed E-state index contributed by atoms with van der Waals surface area (Å²) in [5.41, 5.74) is 0.467. The van der Waals surface area contributed by atoms with Gasteiger partial charge >= 0.3 is 5.97 Å². The third-order valence-electron chi connectivity index (χ3n) is 8.21. The predicted molar refractivity (Wildman–Crippen MR) is 123 cm³/mol. The van der Waals surface area contributed by atoms with Crippen LogP contribution in [0.25, 0.3) is 21.9 Å². The van der Waals surface area contributed by atoms with E-state index in [1.54, 1.807) is 36.5 Å². The number of carbonyl (C=O) groups excluding carboxylic acids is 1. The van der Waals surface area contributed by atoms with Crippen LogP contribution in [-0.4, -0.2) is 27.1 Å². The van der Waals surface area contributed by atoms with Gasteiger partial charge in [0.25, 0.3) is 5.91 Å². The average Bonchev–Trinajstić information content (AvgIpc) is 3.21. The minimum absolute atomic E-state index is 0.111. The molecule has 0 radical (unpaired) electrons. The van der Waals surface area contributed by atoms with Gasteiger partial charge in [-0.1, -0.05) is 30.3 Å².